The number of amides is 1. The molecule has 1 aromatic carbocycles. The van der Waals surface area contributed by atoms with Gasteiger partial charge in [-0.2, -0.15) is 0 Å². The number of para-hydroxylation sites is 1. The van der Waals surface area contributed by atoms with E-state index in [1.54, 1.807) is 0 Å². The summed E-state index contributed by atoms with van der Waals surface area (Å²) in [7, 11) is 0. The molecule has 2 aliphatic heterocycles. The molecule has 6 nitrogen and oxygen atoms in total. The molecular formula is C21H28N2O4. The van der Waals surface area contributed by atoms with E-state index in [2.05, 4.69) is 4.90 Å². The minimum Gasteiger partial charge on any atom is -0.492 e. The molecule has 1 amide bonds. The van der Waals surface area contributed by atoms with Crippen molar-refractivity contribution in [2.75, 3.05) is 39.3 Å². The summed E-state index contributed by atoms with van der Waals surface area (Å²) >= 11 is 0. The van der Waals surface area contributed by atoms with Gasteiger partial charge in [-0.25, -0.2) is 0 Å². The Morgan fingerprint density at radius 2 is 1.81 bits per heavy atom. The molecule has 1 aromatic rings. The molecule has 0 radical (unpaired) electrons. The molecule has 0 unspecified atom stereocenters. The molecule has 0 bridgehead atoms. The Morgan fingerprint density at radius 3 is 2.52 bits per heavy atom. The highest BCUT2D eigenvalue weighted by molar-refractivity contribution is 5.88. The molecule has 0 N–H and O–H groups in total. The van der Waals surface area contributed by atoms with E-state index in [0.717, 1.165) is 51.1 Å². The number of nitrogens with zero attached hydrogens (tertiary/aromatic N) is 2. The Hall–Kier alpha value is -2.08. The average Bonchev–Trinajstić information content (AvgIpc) is 3.29. The van der Waals surface area contributed by atoms with Gasteiger partial charge in [-0.05, 0) is 37.8 Å². The Bertz CT molecular complexity index is 664. The van der Waals surface area contributed by atoms with Crippen molar-refractivity contribution in [1.82, 2.24) is 9.80 Å². The summed E-state index contributed by atoms with van der Waals surface area (Å²) in [4.78, 5) is 29.2. The third-order valence-electron chi connectivity index (χ3n) is 6.17. The molecular weight excluding hydrogens is 344 g/mol. The van der Waals surface area contributed by atoms with Crippen LogP contribution < -0.4 is 4.74 Å². The highest BCUT2D eigenvalue weighted by Crippen LogP contribution is 2.46. The van der Waals surface area contributed by atoms with Gasteiger partial charge < -0.3 is 14.4 Å². The van der Waals surface area contributed by atoms with Gasteiger partial charge in [0, 0.05) is 32.7 Å². The van der Waals surface area contributed by atoms with E-state index in [0.29, 0.717) is 19.7 Å². The van der Waals surface area contributed by atoms with Crippen molar-refractivity contribution in [3.63, 3.8) is 0 Å². The van der Waals surface area contributed by atoms with Gasteiger partial charge in [0.2, 0.25) is 5.91 Å². The number of rotatable bonds is 5. The molecule has 2 saturated heterocycles. The number of carbonyl (C=O) groups excluding carboxylic acids is 2. The summed E-state index contributed by atoms with van der Waals surface area (Å²) in [6, 6.07) is 9.82. The van der Waals surface area contributed by atoms with Gasteiger partial charge in [0.15, 0.2) is 0 Å². The second kappa shape index (κ2) is 7.89. The number of esters is 1. The van der Waals surface area contributed by atoms with Gasteiger partial charge in [0.05, 0.1) is 12.3 Å². The monoisotopic (exact) mass is 372 g/mol. The van der Waals surface area contributed by atoms with E-state index in [1.165, 1.54) is 0 Å². The fourth-order valence-electron chi connectivity index (χ4n) is 4.65. The molecule has 0 aromatic heterocycles. The molecule has 3 fully saturated rings. The summed E-state index contributed by atoms with van der Waals surface area (Å²) in [6.07, 6.45) is 4.03. The predicted molar refractivity (Wildman–Crippen MR) is 100 cm³/mol. The smallest absolute Gasteiger partial charge is 0.307 e. The summed E-state index contributed by atoms with van der Waals surface area (Å²) in [5, 5.41) is 0. The SMILES string of the molecule is O=C1C[C@H](C(=O)N2CCN(CCOc3ccccc3)CC2)C2(CCCC2)O1. The van der Waals surface area contributed by atoms with Crippen molar-refractivity contribution in [3.05, 3.63) is 30.3 Å². The van der Waals surface area contributed by atoms with Crippen LogP contribution in [0.15, 0.2) is 30.3 Å². The molecule has 4 rings (SSSR count). The van der Waals surface area contributed by atoms with Crippen LogP contribution in [0.3, 0.4) is 0 Å². The van der Waals surface area contributed by atoms with E-state index < -0.39 is 5.60 Å². The summed E-state index contributed by atoms with van der Waals surface area (Å²) < 4.78 is 11.4. The quantitative estimate of drug-likeness (QED) is 0.741. The molecule has 1 spiro atoms. The summed E-state index contributed by atoms with van der Waals surface area (Å²) in [5.41, 5.74) is -0.505. The second-order valence-corrected chi connectivity index (χ2v) is 7.83. The summed E-state index contributed by atoms with van der Waals surface area (Å²) in [6.45, 7) is 4.62. The van der Waals surface area contributed by atoms with Crippen LogP contribution in [0.4, 0.5) is 0 Å². The Labute approximate surface area is 160 Å². The zero-order valence-electron chi connectivity index (χ0n) is 15.8. The number of carbonyl (C=O) groups is 2. The molecule has 27 heavy (non-hydrogen) atoms. The van der Waals surface area contributed by atoms with Crippen LogP contribution in [0.25, 0.3) is 0 Å². The van der Waals surface area contributed by atoms with E-state index in [4.69, 9.17) is 9.47 Å². The molecule has 146 valence electrons. The lowest BCUT2D eigenvalue weighted by Gasteiger charge is -2.38. The lowest BCUT2D eigenvalue weighted by Crippen LogP contribution is -2.53. The number of hydrogen-bond donors (Lipinski definition) is 0. The summed E-state index contributed by atoms with van der Waals surface area (Å²) in [5.74, 6) is 0.523. The average molecular weight is 372 g/mol. The van der Waals surface area contributed by atoms with Crippen LogP contribution in [-0.2, 0) is 14.3 Å². The lowest BCUT2D eigenvalue weighted by atomic mass is 9.84. The number of ether oxygens (including phenoxy) is 2. The van der Waals surface area contributed by atoms with Crippen LogP contribution in [0.2, 0.25) is 0 Å². The number of benzene rings is 1. The maximum Gasteiger partial charge on any atom is 0.307 e. The van der Waals surface area contributed by atoms with Crippen molar-refractivity contribution in [3.8, 4) is 5.75 Å². The van der Waals surface area contributed by atoms with Crippen molar-refractivity contribution in [1.29, 1.82) is 0 Å². The van der Waals surface area contributed by atoms with Gasteiger partial charge in [0.1, 0.15) is 18.0 Å². The van der Waals surface area contributed by atoms with Gasteiger partial charge in [-0.3, -0.25) is 14.5 Å². The highest BCUT2D eigenvalue weighted by atomic mass is 16.6. The van der Waals surface area contributed by atoms with Crippen LogP contribution >= 0.6 is 0 Å². The topological polar surface area (TPSA) is 59.1 Å². The fraction of sp³-hybridized carbons (Fsp3) is 0.619. The fourth-order valence-corrected chi connectivity index (χ4v) is 4.65. The van der Waals surface area contributed by atoms with Gasteiger partial charge in [-0.15, -0.1) is 0 Å². The molecule has 3 aliphatic rings. The zero-order valence-corrected chi connectivity index (χ0v) is 15.8. The Balaban J connectivity index is 1.25. The number of piperazine rings is 1. The van der Waals surface area contributed by atoms with E-state index in [9.17, 15) is 9.59 Å². The first-order valence-electron chi connectivity index (χ1n) is 10.1. The van der Waals surface area contributed by atoms with Gasteiger partial charge in [0.25, 0.3) is 0 Å². The largest absolute Gasteiger partial charge is 0.492 e. The first-order chi connectivity index (χ1) is 13.2. The third-order valence-corrected chi connectivity index (χ3v) is 6.17. The van der Waals surface area contributed by atoms with E-state index in [1.807, 2.05) is 35.2 Å². The molecule has 1 aliphatic carbocycles. The third kappa shape index (κ3) is 3.95. The standard InChI is InChI=1S/C21H28N2O4/c24-19-16-18(21(27-19)8-4-5-9-21)20(25)23-12-10-22(11-13-23)14-15-26-17-6-2-1-3-7-17/h1-3,6-7,18H,4-5,8-16H2/t18-/m1/s1. The lowest BCUT2D eigenvalue weighted by molar-refractivity contribution is -0.152. The van der Waals surface area contributed by atoms with Gasteiger partial charge in [-0.1, -0.05) is 18.2 Å². The van der Waals surface area contributed by atoms with Crippen molar-refractivity contribution in [2.45, 2.75) is 37.7 Å². The first kappa shape index (κ1) is 18.3. The predicted octanol–water partition coefficient (Wildman–Crippen LogP) is 2.09. The maximum atomic E-state index is 13.1. The van der Waals surface area contributed by atoms with E-state index >= 15 is 0 Å². The molecule has 1 atom stereocenters. The Morgan fingerprint density at radius 1 is 1.11 bits per heavy atom. The van der Waals surface area contributed by atoms with Crippen LogP contribution in [0, 0.1) is 5.92 Å². The van der Waals surface area contributed by atoms with Crippen LogP contribution in [-0.4, -0.2) is 66.6 Å². The van der Waals surface area contributed by atoms with E-state index in [-0.39, 0.29) is 24.2 Å². The minimum absolute atomic E-state index is 0.114. The maximum absolute atomic E-state index is 13.1. The highest BCUT2D eigenvalue weighted by Gasteiger charge is 2.54. The van der Waals surface area contributed by atoms with Gasteiger partial charge >= 0.3 is 5.97 Å². The Kier molecular flexibility index (Phi) is 5.34. The molecule has 1 saturated carbocycles. The zero-order chi connectivity index (χ0) is 18.7. The van der Waals surface area contributed by atoms with Crippen molar-refractivity contribution >= 4 is 11.9 Å². The van der Waals surface area contributed by atoms with Crippen LogP contribution in [0.5, 0.6) is 5.75 Å². The van der Waals surface area contributed by atoms with Crippen molar-refractivity contribution in [2.24, 2.45) is 5.92 Å². The molecule has 6 heteroatoms. The minimum atomic E-state index is -0.505. The first-order valence-corrected chi connectivity index (χ1v) is 10.1. The van der Waals surface area contributed by atoms with Crippen LogP contribution in [0.1, 0.15) is 32.1 Å². The number of hydrogen-bond acceptors (Lipinski definition) is 5. The molecule has 2 heterocycles. The van der Waals surface area contributed by atoms with Crippen molar-refractivity contribution < 1.29 is 19.1 Å². The normalized spacial score (nSPS) is 25.0. The second-order valence-electron chi connectivity index (χ2n) is 7.83.